The van der Waals surface area contributed by atoms with E-state index in [-0.39, 0.29) is 29.1 Å². The Morgan fingerprint density at radius 2 is 1.63 bits per heavy atom. The largest absolute Gasteiger partial charge is 0.497 e. The first-order chi connectivity index (χ1) is 20.7. The summed E-state index contributed by atoms with van der Waals surface area (Å²) in [6, 6.07) is 21.8. The summed E-state index contributed by atoms with van der Waals surface area (Å²) in [5.41, 5.74) is 2.87. The molecule has 1 N–H and O–H groups in total. The summed E-state index contributed by atoms with van der Waals surface area (Å²) in [4.78, 5) is 58.0. The Morgan fingerprint density at radius 3 is 2.26 bits per heavy atom. The van der Waals surface area contributed by atoms with Crippen molar-refractivity contribution in [2.75, 3.05) is 36.3 Å². The van der Waals surface area contributed by atoms with Crippen molar-refractivity contribution >= 4 is 73.8 Å². The van der Waals surface area contributed by atoms with E-state index in [4.69, 9.17) is 4.74 Å². The van der Waals surface area contributed by atoms with E-state index in [1.807, 2.05) is 43.3 Å². The van der Waals surface area contributed by atoms with Crippen molar-refractivity contribution in [1.82, 2.24) is 4.57 Å². The van der Waals surface area contributed by atoms with Crippen LogP contribution in [-0.4, -0.2) is 48.7 Å². The first-order valence-corrected chi connectivity index (χ1v) is 15.9. The fraction of sp³-hybridized carbons (Fsp3) is 0.226. The van der Waals surface area contributed by atoms with Crippen molar-refractivity contribution in [1.29, 1.82) is 0 Å². The van der Waals surface area contributed by atoms with Gasteiger partial charge in [0.25, 0.3) is 0 Å². The summed E-state index contributed by atoms with van der Waals surface area (Å²) in [6.45, 7) is -0.230. The third-order valence-electron chi connectivity index (χ3n) is 7.58. The second kappa shape index (κ2) is 11.7. The van der Waals surface area contributed by atoms with E-state index in [1.165, 1.54) is 21.2 Å². The predicted octanol–water partition coefficient (Wildman–Crippen LogP) is 5.18. The maximum Gasteiger partial charge on any atom is 0.308 e. The van der Waals surface area contributed by atoms with Gasteiger partial charge in [-0.2, -0.15) is 0 Å². The van der Waals surface area contributed by atoms with Gasteiger partial charge in [0.15, 0.2) is 0 Å². The summed E-state index contributed by atoms with van der Waals surface area (Å²) in [5, 5.41) is 2.61. The van der Waals surface area contributed by atoms with Crippen LogP contribution >= 0.6 is 39.0 Å². The number of nitrogens with zero attached hydrogens (tertiary/aromatic N) is 3. The zero-order valence-corrected chi connectivity index (χ0v) is 26.7. The number of hydrogen-bond donors (Lipinski definition) is 1. The molecular formula is C31H27BrN4O5S2. The number of halogens is 1. The molecule has 2 aliphatic heterocycles. The van der Waals surface area contributed by atoms with Crippen LogP contribution in [-0.2, 0) is 20.9 Å². The van der Waals surface area contributed by atoms with Crippen molar-refractivity contribution in [3.05, 3.63) is 97.4 Å². The number of rotatable bonds is 7. The Hall–Kier alpha value is -3.87. The number of aromatic nitrogens is 1. The number of fused-ring (bicyclic) bond motifs is 2. The highest BCUT2D eigenvalue weighted by Crippen LogP contribution is 2.54. The molecule has 12 heteroatoms. The van der Waals surface area contributed by atoms with Gasteiger partial charge in [-0.25, -0.2) is 4.90 Å². The fourth-order valence-corrected chi connectivity index (χ4v) is 8.49. The lowest BCUT2D eigenvalue weighted by atomic mass is 9.83. The van der Waals surface area contributed by atoms with Gasteiger partial charge in [0, 0.05) is 40.7 Å². The van der Waals surface area contributed by atoms with Gasteiger partial charge in [0.2, 0.25) is 17.7 Å². The SMILES string of the molecule is COc1ccc(NC(=O)Cn2c3c(sc2=O)[C@@H](c2ccc(N(C)C)cc2)[C@@H]2C(=O)N(c4ccc(Br)cc4)C(=O)[C@@H]2S3)cc1. The van der Waals surface area contributed by atoms with E-state index in [0.29, 0.717) is 27.0 Å². The zero-order chi connectivity index (χ0) is 30.4. The second-order valence-corrected chi connectivity index (χ2v) is 13.5. The van der Waals surface area contributed by atoms with Gasteiger partial charge in [-0.3, -0.25) is 23.7 Å². The molecule has 1 fully saturated rings. The van der Waals surface area contributed by atoms with E-state index < -0.39 is 17.1 Å². The number of ether oxygens (including phenoxy) is 1. The number of imide groups is 1. The van der Waals surface area contributed by atoms with Crippen LogP contribution in [0.2, 0.25) is 0 Å². The maximum absolute atomic E-state index is 14.0. The standard InChI is InChI=1S/C31H27BrN4O5S2/c1-34(2)20-10-4-17(5-11-20)24-25-26(29(39)36(28(25)38)21-12-6-18(32)7-13-21)42-30-27(24)43-31(40)35(30)16-23(37)33-19-8-14-22(41-3)15-9-19/h4-15,24-26H,16H2,1-3H3,(H,33,37)/t24-,25-,26+/m0/s1. The van der Waals surface area contributed by atoms with Crippen LogP contribution in [0.15, 0.2) is 87.1 Å². The lowest BCUT2D eigenvalue weighted by Crippen LogP contribution is -2.33. The molecule has 3 atom stereocenters. The Labute approximate surface area is 264 Å². The molecular weight excluding hydrogens is 652 g/mol. The number of amides is 3. The molecule has 0 unspecified atom stereocenters. The van der Waals surface area contributed by atoms with Gasteiger partial charge < -0.3 is 15.0 Å². The smallest absolute Gasteiger partial charge is 0.308 e. The van der Waals surface area contributed by atoms with Crippen LogP contribution in [0.1, 0.15) is 16.4 Å². The highest BCUT2D eigenvalue weighted by Gasteiger charge is 2.56. The van der Waals surface area contributed by atoms with Crippen molar-refractivity contribution in [3.63, 3.8) is 0 Å². The maximum atomic E-state index is 14.0. The molecule has 0 saturated carbocycles. The van der Waals surface area contributed by atoms with Crippen LogP contribution in [0.5, 0.6) is 5.75 Å². The number of carbonyl (C=O) groups excluding carboxylic acids is 3. The zero-order valence-electron chi connectivity index (χ0n) is 23.4. The molecule has 0 spiro atoms. The third kappa shape index (κ3) is 5.39. The van der Waals surface area contributed by atoms with Crippen molar-refractivity contribution in [3.8, 4) is 5.75 Å². The molecule has 1 saturated heterocycles. The Morgan fingerprint density at radius 1 is 0.953 bits per heavy atom. The molecule has 220 valence electrons. The van der Waals surface area contributed by atoms with E-state index in [1.54, 1.807) is 55.6 Å². The summed E-state index contributed by atoms with van der Waals surface area (Å²) < 4.78 is 7.43. The van der Waals surface area contributed by atoms with Crippen molar-refractivity contribution < 1.29 is 19.1 Å². The highest BCUT2D eigenvalue weighted by atomic mass is 79.9. The minimum Gasteiger partial charge on any atom is -0.497 e. The van der Waals surface area contributed by atoms with Gasteiger partial charge >= 0.3 is 4.87 Å². The summed E-state index contributed by atoms with van der Waals surface area (Å²) in [5.74, 6) is -1.61. The van der Waals surface area contributed by atoms with E-state index in [0.717, 1.165) is 27.1 Å². The third-order valence-corrected chi connectivity index (χ3v) is 10.7. The Kier molecular flexibility index (Phi) is 7.92. The molecule has 9 nitrogen and oxygen atoms in total. The normalized spacial score (nSPS) is 19.2. The number of anilines is 3. The van der Waals surface area contributed by atoms with Crippen LogP contribution in [0, 0.1) is 5.92 Å². The molecule has 3 amide bonds. The first-order valence-electron chi connectivity index (χ1n) is 13.4. The monoisotopic (exact) mass is 678 g/mol. The molecule has 0 aliphatic carbocycles. The second-order valence-electron chi connectivity index (χ2n) is 10.4. The lowest BCUT2D eigenvalue weighted by molar-refractivity contribution is -0.122. The number of thiazole rings is 1. The molecule has 6 rings (SSSR count). The average molecular weight is 680 g/mol. The van der Waals surface area contributed by atoms with Crippen LogP contribution in [0.3, 0.4) is 0 Å². The Balaban J connectivity index is 1.39. The van der Waals surface area contributed by atoms with Gasteiger partial charge in [-0.1, -0.05) is 51.2 Å². The van der Waals surface area contributed by atoms with Gasteiger partial charge in [0.05, 0.1) is 23.7 Å². The van der Waals surface area contributed by atoms with E-state index >= 15 is 0 Å². The minimum atomic E-state index is -0.757. The summed E-state index contributed by atoms with van der Waals surface area (Å²) in [7, 11) is 5.45. The molecule has 4 aromatic rings. The fourth-order valence-electron chi connectivity index (χ4n) is 5.46. The molecule has 0 bridgehead atoms. The van der Waals surface area contributed by atoms with Gasteiger partial charge in [-0.15, -0.1) is 0 Å². The molecule has 43 heavy (non-hydrogen) atoms. The summed E-state index contributed by atoms with van der Waals surface area (Å²) in [6.07, 6.45) is 0. The molecule has 3 heterocycles. The van der Waals surface area contributed by atoms with Gasteiger partial charge in [0.1, 0.15) is 17.5 Å². The molecule has 3 aromatic carbocycles. The number of carbonyl (C=O) groups is 3. The van der Waals surface area contributed by atoms with Crippen molar-refractivity contribution in [2.24, 2.45) is 5.92 Å². The van der Waals surface area contributed by atoms with Crippen LogP contribution < -0.4 is 24.7 Å². The van der Waals surface area contributed by atoms with E-state index in [2.05, 4.69) is 21.2 Å². The molecule has 0 radical (unpaired) electrons. The number of thioether (sulfide) groups is 1. The van der Waals surface area contributed by atoms with E-state index in [9.17, 15) is 19.2 Å². The highest BCUT2D eigenvalue weighted by molar-refractivity contribution is 9.10. The molecule has 1 aromatic heterocycles. The number of methoxy groups -OCH3 is 1. The van der Waals surface area contributed by atoms with Crippen molar-refractivity contribution in [2.45, 2.75) is 22.7 Å². The molecule has 2 aliphatic rings. The Bertz CT molecular complexity index is 1770. The van der Waals surface area contributed by atoms with Crippen LogP contribution in [0.4, 0.5) is 17.1 Å². The van der Waals surface area contributed by atoms with Crippen LogP contribution in [0.25, 0.3) is 0 Å². The topological polar surface area (TPSA) is 101 Å². The quantitative estimate of drug-likeness (QED) is 0.269. The summed E-state index contributed by atoms with van der Waals surface area (Å²) >= 11 is 5.63. The van der Waals surface area contributed by atoms with Gasteiger partial charge in [-0.05, 0) is 66.2 Å². The predicted molar refractivity (Wildman–Crippen MR) is 173 cm³/mol. The number of hydrogen-bond acceptors (Lipinski definition) is 8. The average Bonchev–Trinajstić information content (AvgIpc) is 3.44. The number of benzene rings is 3. The number of nitrogens with one attached hydrogen (secondary N) is 1. The lowest BCUT2D eigenvalue weighted by Gasteiger charge is -2.31. The minimum absolute atomic E-state index is 0.230. The first kappa shape index (κ1) is 29.2.